The van der Waals surface area contributed by atoms with E-state index in [-0.39, 0.29) is 24.5 Å². The number of allylic oxidation sites excluding steroid dienone is 2. The van der Waals surface area contributed by atoms with Gasteiger partial charge in [-0.1, -0.05) is 55.8 Å². The molecule has 4 nitrogen and oxygen atoms in total. The van der Waals surface area contributed by atoms with E-state index < -0.39 is 6.09 Å². The monoisotopic (exact) mass is 357 g/mol. The molecule has 1 aromatic rings. The predicted molar refractivity (Wildman–Crippen MR) is 104 cm³/mol. The van der Waals surface area contributed by atoms with Crippen LogP contribution in [0.1, 0.15) is 65.0 Å². The summed E-state index contributed by atoms with van der Waals surface area (Å²) in [6, 6.07) is 9.31. The number of rotatable bonds is 8. The first-order valence-corrected chi connectivity index (χ1v) is 9.55. The summed E-state index contributed by atoms with van der Waals surface area (Å²) in [5.41, 5.74) is 2.29. The van der Waals surface area contributed by atoms with Crippen molar-refractivity contribution >= 4 is 12.0 Å². The fraction of sp³-hybridized carbons (Fsp3) is 0.545. The number of nitrogens with zero attached hydrogens (tertiary/aromatic N) is 1. The summed E-state index contributed by atoms with van der Waals surface area (Å²) in [6.07, 6.45) is 5.32. The smallest absolute Gasteiger partial charge is 0.417 e. The van der Waals surface area contributed by atoms with Gasteiger partial charge in [-0.15, -0.1) is 0 Å². The van der Waals surface area contributed by atoms with Gasteiger partial charge in [0.1, 0.15) is 12.6 Å². The van der Waals surface area contributed by atoms with Crippen LogP contribution in [-0.4, -0.2) is 23.5 Å². The molecule has 0 aromatic heterocycles. The summed E-state index contributed by atoms with van der Waals surface area (Å²) in [4.78, 5) is 26.1. The molecular weight excluding hydrogens is 326 g/mol. The zero-order valence-corrected chi connectivity index (χ0v) is 16.4. The van der Waals surface area contributed by atoms with Crippen LogP contribution in [0.2, 0.25) is 0 Å². The van der Waals surface area contributed by atoms with Crippen LogP contribution in [0.5, 0.6) is 0 Å². The fourth-order valence-electron chi connectivity index (χ4n) is 3.56. The average molecular weight is 357 g/mol. The van der Waals surface area contributed by atoms with Gasteiger partial charge in [-0.25, -0.2) is 9.69 Å². The van der Waals surface area contributed by atoms with Crippen LogP contribution in [0, 0.1) is 11.8 Å². The number of hydrogen-bond acceptors (Lipinski definition) is 3. The molecule has 26 heavy (non-hydrogen) atoms. The number of carbonyl (C=O) groups is 2. The second-order valence-electron chi connectivity index (χ2n) is 7.78. The minimum Gasteiger partial charge on any atom is -0.446 e. The molecule has 1 aliphatic rings. The Kier molecular flexibility index (Phi) is 7.43. The zero-order valence-electron chi connectivity index (χ0n) is 16.4. The van der Waals surface area contributed by atoms with Crippen LogP contribution < -0.4 is 0 Å². The quantitative estimate of drug-likeness (QED) is 0.577. The highest BCUT2D eigenvalue weighted by Crippen LogP contribution is 2.30. The van der Waals surface area contributed by atoms with Crippen LogP contribution in [0.3, 0.4) is 0 Å². The lowest BCUT2D eigenvalue weighted by Crippen LogP contribution is -2.35. The van der Waals surface area contributed by atoms with Gasteiger partial charge in [-0.05, 0) is 50.5 Å². The molecule has 0 unspecified atom stereocenters. The van der Waals surface area contributed by atoms with Gasteiger partial charge in [0, 0.05) is 6.42 Å². The Balaban J connectivity index is 1.90. The van der Waals surface area contributed by atoms with Gasteiger partial charge in [0.15, 0.2) is 0 Å². The van der Waals surface area contributed by atoms with Gasteiger partial charge >= 0.3 is 6.09 Å². The van der Waals surface area contributed by atoms with E-state index in [9.17, 15) is 9.59 Å². The molecule has 0 bridgehead atoms. The Morgan fingerprint density at radius 1 is 1.23 bits per heavy atom. The molecule has 0 saturated carbocycles. The first-order chi connectivity index (χ1) is 12.4. The molecule has 0 N–H and O–H groups in total. The predicted octanol–water partition coefficient (Wildman–Crippen LogP) is 5.51. The topological polar surface area (TPSA) is 46.6 Å². The molecule has 142 valence electrons. The van der Waals surface area contributed by atoms with E-state index in [4.69, 9.17) is 4.74 Å². The number of ether oxygens (including phenoxy) is 1. The van der Waals surface area contributed by atoms with Gasteiger partial charge in [0.05, 0.1) is 0 Å². The van der Waals surface area contributed by atoms with Gasteiger partial charge in [-0.3, -0.25) is 4.79 Å². The maximum atomic E-state index is 12.8. The van der Waals surface area contributed by atoms with Crippen LogP contribution in [0.4, 0.5) is 4.79 Å². The van der Waals surface area contributed by atoms with E-state index in [1.165, 1.54) is 10.5 Å². The molecule has 3 atom stereocenters. The normalized spacial score (nSPS) is 19.0. The maximum absolute atomic E-state index is 12.8. The Hall–Kier alpha value is -2.10. The average Bonchev–Trinajstić information content (AvgIpc) is 2.96. The van der Waals surface area contributed by atoms with E-state index in [1.807, 2.05) is 30.3 Å². The maximum Gasteiger partial charge on any atom is 0.417 e. The van der Waals surface area contributed by atoms with Crippen LogP contribution in [0.25, 0.3) is 0 Å². The molecule has 4 heteroatoms. The van der Waals surface area contributed by atoms with E-state index in [0.717, 1.165) is 24.8 Å². The van der Waals surface area contributed by atoms with Gasteiger partial charge in [-0.2, -0.15) is 0 Å². The second-order valence-corrected chi connectivity index (χ2v) is 7.78. The minimum absolute atomic E-state index is 0.134. The van der Waals surface area contributed by atoms with Gasteiger partial charge in [0.25, 0.3) is 0 Å². The highest BCUT2D eigenvalue weighted by molar-refractivity contribution is 5.93. The number of benzene rings is 1. The van der Waals surface area contributed by atoms with E-state index in [0.29, 0.717) is 12.3 Å². The van der Waals surface area contributed by atoms with Crippen molar-refractivity contribution in [3.63, 3.8) is 0 Å². The first-order valence-electron chi connectivity index (χ1n) is 9.55. The zero-order chi connectivity index (χ0) is 19.1. The first kappa shape index (κ1) is 20.2. The molecule has 1 aromatic carbocycles. The molecule has 0 aliphatic carbocycles. The Morgan fingerprint density at radius 2 is 1.92 bits per heavy atom. The third-order valence-electron chi connectivity index (χ3n) is 4.87. The summed E-state index contributed by atoms with van der Waals surface area (Å²) < 4.78 is 5.15. The summed E-state index contributed by atoms with van der Waals surface area (Å²) >= 11 is 0. The van der Waals surface area contributed by atoms with Crippen LogP contribution >= 0.6 is 0 Å². The Bertz CT molecular complexity index is 634. The number of carbonyl (C=O) groups excluding carboxylic acids is 2. The molecule has 1 heterocycles. The van der Waals surface area contributed by atoms with E-state index in [2.05, 4.69) is 33.8 Å². The number of cyclic esters (lactones) is 1. The summed E-state index contributed by atoms with van der Waals surface area (Å²) in [5.74, 6) is 0.670. The number of amides is 2. The van der Waals surface area contributed by atoms with E-state index >= 15 is 0 Å². The minimum atomic E-state index is -0.521. The summed E-state index contributed by atoms with van der Waals surface area (Å²) in [5, 5.41) is 0. The highest BCUT2D eigenvalue weighted by Gasteiger charge is 2.38. The molecule has 1 fully saturated rings. The number of hydrogen-bond donors (Lipinski definition) is 0. The van der Waals surface area contributed by atoms with Crippen LogP contribution in [0.15, 0.2) is 42.0 Å². The SMILES string of the molecule is CC(C)=CCC[C@@H](C)C[C@@H](C)CC(=O)N1C(=O)OC[C@@H]1c1ccccc1. The second kappa shape index (κ2) is 9.56. The standard InChI is InChI=1S/C22H31NO3/c1-16(2)9-8-10-17(3)13-18(4)14-21(24)23-20(15-26-22(23)25)19-11-6-5-7-12-19/h5-7,9,11-12,17-18,20H,8,10,13-15H2,1-4H3/t17-,18-,20-/m1/s1. The third-order valence-corrected chi connectivity index (χ3v) is 4.87. The molecule has 2 rings (SSSR count). The lowest BCUT2D eigenvalue weighted by Gasteiger charge is -2.22. The molecule has 0 radical (unpaired) electrons. The molecule has 1 saturated heterocycles. The highest BCUT2D eigenvalue weighted by atomic mass is 16.6. The lowest BCUT2D eigenvalue weighted by atomic mass is 9.91. The van der Waals surface area contributed by atoms with Gasteiger partial charge in [0.2, 0.25) is 5.91 Å². The molecule has 2 amide bonds. The van der Waals surface area contributed by atoms with Crippen LogP contribution in [-0.2, 0) is 9.53 Å². The summed E-state index contributed by atoms with van der Waals surface area (Å²) in [6.45, 7) is 8.79. The third kappa shape index (κ3) is 5.72. The van der Waals surface area contributed by atoms with Crippen molar-refractivity contribution in [2.45, 2.75) is 59.4 Å². The largest absolute Gasteiger partial charge is 0.446 e. The lowest BCUT2D eigenvalue weighted by molar-refractivity contribution is -0.130. The Labute approximate surface area is 157 Å². The van der Waals surface area contributed by atoms with Crippen molar-refractivity contribution in [3.05, 3.63) is 47.5 Å². The van der Waals surface area contributed by atoms with E-state index in [1.54, 1.807) is 0 Å². The van der Waals surface area contributed by atoms with Gasteiger partial charge < -0.3 is 4.74 Å². The Morgan fingerprint density at radius 3 is 2.58 bits per heavy atom. The van der Waals surface area contributed by atoms with Crippen molar-refractivity contribution in [2.24, 2.45) is 11.8 Å². The molecular formula is C22H31NO3. The van der Waals surface area contributed by atoms with Crippen molar-refractivity contribution in [1.82, 2.24) is 4.90 Å². The van der Waals surface area contributed by atoms with Crippen molar-refractivity contribution in [3.8, 4) is 0 Å². The number of imide groups is 1. The molecule has 0 spiro atoms. The fourth-order valence-corrected chi connectivity index (χ4v) is 3.56. The molecule has 1 aliphatic heterocycles. The van der Waals surface area contributed by atoms with Crippen molar-refractivity contribution in [1.29, 1.82) is 0 Å². The summed E-state index contributed by atoms with van der Waals surface area (Å²) in [7, 11) is 0. The van der Waals surface area contributed by atoms with Crippen molar-refractivity contribution < 1.29 is 14.3 Å². The van der Waals surface area contributed by atoms with Crippen molar-refractivity contribution in [2.75, 3.05) is 6.61 Å².